The summed E-state index contributed by atoms with van der Waals surface area (Å²) in [7, 11) is 0. The van der Waals surface area contributed by atoms with Crippen LogP contribution in [0.5, 0.6) is 0 Å². The van der Waals surface area contributed by atoms with Crippen LogP contribution < -0.4 is 5.32 Å². The highest BCUT2D eigenvalue weighted by atomic mass is 19.1. The number of hydrogen-bond acceptors (Lipinski definition) is 4. The van der Waals surface area contributed by atoms with Crippen LogP contribution in [0.1, 0.15) is 60.0 Å². The number of fused-ring (bicyclic) bond motifs is 1. The Kier molecular flexibility index (Phi) is 4.97. The maximum absolute atomic E-state index is 13.1. The SMILES string of the molecule is O=C(NCC1CCCCC1)c1nnn2c1CO[C@H](c1ccc(F)cc1)C2. The summed E-state index contributed by atoms with van der Waals surface area (Å²) < 4.78 is 20.7. The molecule has 7 heteroatoms. The van der Waals surface area contributed by atoms with E-state index in [1.165, 1.54) is 44.2 Å². The van der Waals surface area contributed by atoms with Gasteiger partial charge in [0.05, 0.1) is 18.8 Å². The topological polar surface area (TPSA) is 69.0 Å². The second kappa shape index (κ2) is 7.53. The van der Waals surface area contributed by atoms with E-state index in [0.717, 1.165) is 5.56 Å². The molecule has 1 aromatic carbocycles. The lowest BCUT2D eigenvalue weighted by atomic mass is 9.89. The second-order valence-corrected chi connectivity index (χ2v) is 7.13. The van der Waals surface area contributed by atoms with Crippen LogP contribution >= 0.6 is 0 Å². The van der Waals surface area contributed by atoms with Crippen molar-refractivity contribution in [3.8, 4) is 0 Å². The number of hydrogen-bond donors (Lipinski definition) is 1. The number of carbonyl (C=O) groups excluding carboxylic acids is 1. The van der Waals surface area contributed by atoms with Crippen LogP contribution in [0, 0.1) is 11.7 Å². The quantitative estimate of drug-likeness (QED) is 0.912. The highest BCUT2D eigenvalue weighted by molar-refractivity contribution is 5.93. The molecule has 0 saturated heterocycles. The highest BCUT2D eigenvalue weighted by Gasteiger charge is 2.28. The van der Waals surface area contributed by atoms with E-state index in [-0.39, 0.29) is 24.4 Å². The minimum Gasteiger partial charge on any atom is -0.365 e. The van der Waals surface area contributed by atoms with Gasteiger partial charge in [-0.1, -0.05) is 36.6 Å². The molecule has 0 unspecified atom stereocenters. The van der Waals surface area contributed by atoms with Crippen molar-refractivity contribution in [1.29, 1.82) is 0 Å². The molecule has 2 aliphatic rings. The molecule has 0 radical (unpaired) electrons. The average molecular weight is 358 g/mol. The van der Waals surface area contributed by atoms with E-state index in [4.69, 9.17) is 4.74 Å². The number of nitrogens with zero attached hydrogens (tertiary/aromatic N) is 3. The Bertz CT molecular complexity index is 768. The standard InChI is InChI=1S/C19H23FN4O2/c20-15-8-6-14(7-9-15)17-11-24-16(12-26-17)18(22-23-24)19(25)21-10-13-4-2-1-3-5-13/h6-9,13,17H,1-5,10-12H2,(H,21,25)/t17-/m0/s1. The molecule has 4 rings (SSSR count). The van der Waals surface area contributed by atoms with Gasteiger partial charge >= 0.3 is 0 Å². The molecule has 1 amide bonds. The van der Waals surface area contributed by atoms with Gasteiger partial charge in [0.2, 0.25) is 0 Å². The molecular weight excluding hydrogens is 335 g/mol. The smallest absolute Gasteiger partial charge is 0.273 e. The third kappa shape index (κ3) is 3.62. The number of amides is 1. The Morgan fingerprint density at radius 3 is 2.77 bits per heavy atom. The number of rotatable bonds is 4. The van der Waals surface area contributed by atoms with Crippen molar-refractivity contribution in [2.45, 2.75) is 51.4 Å². The highest BCUT2D eigenvalue weighted by Crippen LogP contribution is 2.27. The first-order valence-corrected chi connectivity index (χ1v) is 9.28. The Labute approximate surface area is 151 Å². The molecule has 0 bridgehead atoms. The summed E-state index contributed by atoms with van der Waals surface area (Å²) in [5, 5.41) is 11.2. The first-order valence-electron chi connectivity index (χ1n) is 9.28. The molecule has 6 nitrogen and oxygen atoms in total. The number of halogens is 1. The number of benzene rings is 1. The molecule has 1 atom stereocenters. The fraction of sp³-hybridized carbons (Fsp3) is 0.526. The Morgan fingerprint density at radius 1 is 1.23 bits per heavy atom. The fourth-order valence-electron chi connectivity index (χ4n) is 3.78. The summed E-state index contributed by atoms with van der Waals surface area (Å²) in [6.45, 7) is 1.43. The van der Waals surface area contributed by atoms with E-state index in [9.17, 15) is 9.18 Å². The van der Waals surface area contributed by atoms with Gasteiger partial charge in [-0.3, -0.25) is 4.79 Å². The van der Waals surface area contributed by atoms with Gasteiger partial charge in [0, 0.05) is 6.54 Å². The average Bonchev–Trinajstić information content (AvgIpc) is 3.11. The Hall–Kier alpha value is -2.28. The third-order valence-electron chi connectivity index (χ3n) is 5.33. The van der Waals surface area contributed by atoms with Crippen molar-refractivity contribution in [3.05, 3.63) is 47.0 Å². The maximum atomic E-state index is 13.1. The molecule has 1 saturated carbocycles. The fourth-order valence-corrected chi connectivity index (χ4v) is 3.78. The number of aromatic nitrogens is 3. The molecule has 1 fully saturated rings. The van der Waals surface area contributed by atoms with Gasteiger partial charge in [0.15, 0.2) is 5.69 Å². The summed E-state index contributed by atoms with van der Waals surface area (Å²) >= 11 is 0. The van der Waals surface area contributed by atoms with Gasteiger partial charge in [0.1, 0.15) is 11.9 Å². The first-order chi connectivity index (χ1) is 12.7. The molecule has 1 aromatic heterocycles. The van der Waals surface area contributed by atoms with Crippen LogP contribution in [0.4, 0.5) is 4.39 Å². The Balaban J connectivity index is 1.40. The molecule has 1 aliphatic heterocycles. The van der Waals surface area contributed by atoms with Gasteiger partial charge in [-0.15, -0.1) is 5.10 Å². The van der Waals surface area contributed by atoms with Crippen molar-refractivity contribution in [2.75, 3.05) is 6.54 Å². The summed E-state index contributed by atoms with van der Waals surface area (Å²) in [6.07, 6.45) is 5.95. The third-order valence-corrected chi connectivity index (χ3v) is 5.33. The molecule has 2 heterocycles. The van der Waals surface area contributed by atoms with Crippen LogP contribution in [0.15, 0.2) is 24.3 Å². The van der Waals surface area contributed by atoms with Crippen molar-refractivity contribution >= 4 is 5.91 Å². The van der Waals surface area contributed by atoms with Gasteiger partial charge in [-0.25, -0.2) is 9.07 Å². The van der Waals surface area contributed by atoms with E-state index in [2.05, 4.69) is 15.6 Å². The van der Waals surface area contributed by atoms with E-state index in [1.807, 2.05) is 0 Å². The molecule has 138 valence electrons. The van der Waals surface area contributed by atoms with Gasteiger partial charge in [-0.2, -0.15) is 0 Å². The zero-order valence-corrected chi connectivity index (χ0v) is 14.7. The summed E-state index contributed by atoms with van der Waals surface area (Å²) in [4.78, 5) is 12.5. The van der Waals surface area contributed by atoms with Crippen LogP contribution in [0.25, 0.3) is 0 Å². The van der Waals surface area contributed by atoms with E-state index < -0.39 is 0 Å². The van der Waals surface area contributed by atoms with Crippen molar-refractivity contribution in [1.82, 2.24) is 20.3 Å². The van der Waals surface area contributed by atoms with E-state index in [0.29, 0.717) is 30.4 Å². The molecule has 0 spiro atoms. The summed E-state index contributed by atoms with van der Waals surface area (Å²) in [5.41, 5.74) is 1.93. The lowest BCUT2D eigenvalue weighted by Gasteiger charge is -2.24. The van der Waals surface area contributed by atoms with Crippen LogP contribution in [0.3, 0.4) is 0 Å². The molecule has 26 heavy (non-hydrogen) atoms. The monoisotopic (exact) mass is 358 g/mol. The van der Waals surface area contributed by atoms with Crippen molar-refractivity contribution in [3.63, 3.8) is 0 Å². The van der Waals surface area contributed by atoms with Gasteiger partial charge < -0.3 is 10.1 Å². The maximum Gasteiger partial charge on any atom is 0.273 e. The van der Waals surface area contributed by atoms with E-state index >= 15 is 0 Å². The summed E-state index contributed by atoms with van der Waals surface area (Å²) in [5.74, 6) is 0.113. The predicted molar refractivity (Wildman–Crippen MR) is 92.9 cm³/mol. The van der Waals surface area contributed by atoms with Crippen LogP contribution in [-0.2, 0) is 17.9 Å². The van der Waals surface area contributed by atoms with Crippen LogP contribution in [0.2, 0.25) is 0 Å². The second-order valence-electron chi connectivity index (χ2n) is 7.13. The Morgan fingerprint density at radius 2 is 2.00 bits per heavy atom. The number of ether oxygens (including phenoxy) is 1. The van der Waals surface area contributed by atoms with Gasteiger partial charge in [0.25, 0.3) is 5.91 Å². The minimum atomic E-state index is -0.275. The van der Waals surface area contributed by atoms with E-state index in [1.54, 1.807) is 16.8 Å². The molecule has 1 aliphatic carbocycles. The van der Waals surface area contributed by atoms with Crippen molar-refractivity contribution in [2.24, 2.45) is 5.92 Å². The lowest BCUT2D eigenvalue weighted by Crippen LogP contribution is -2.32. The zero-order valence-electron chi connectivity index (χ0n) is 14.7. The zero-order chi connectivity index (χ0) is 17.9. The number of nitrogens with one attached hydrogen (secondary N) is 1. The normalized spacial score (nSPS) is 20.6. The van der Waals surface area contributed by atoms with Crippen LogP contribution in [-0.4, -0.2) is 27.4 Å². The molecular formula is C19H23FN4O2. The minimum absolute atomic E-state index is 0.180. The summed E-state index contributed by atoms with van der Waals surface area (Å²) in [6, 6.07) is 6.25. The first kappa shape index (κ1) is 17.1. The largest absolute Gasteiger partial charge is 0.365 e. The molecule has 1 N–H and O–H groups in total. The lowest BCUT2D eigenvalue weighted by molar-refractivity contribution is -0.00180. The molecule has 2 aromatic rings. The van der Waals surface area contributed by atoms with Gasteiger partial charge in [-0.05, 0) is 36.5 Å². The van der Waals surface area contributed by atoms with Crippen molar-refractivity contribution < 1.29 is 13.9 Å². The predicted octanol–water partition coefficient (Wildman–Crippen LogP) is 3.00. The number of carbonyl (C=O) groups is 1.